The van der Waals surface area contributed by atoms with Crippen LogP contribution in [0.3, 0.4) is 0 Å². The minimum absolute atomic E-state index is 0.0103. The second-order valence-corrected chi connectivity index (χ2v) is 4.72. The Kier molecular flexibility index (Phi) is 4.00. The maximum Gasteiger partial charge on any atom is 0.130 e. The summed E-state index contributed by atoms with van der Waals surface area (Å²) in [5.74, 6) is -0.0103. The molecule has 1 aliphatic rings. The lowest BCUT2D eigenvalue weighted by molar-refractivity contribution is 0.149. The fourth-order valence-electron chi connectivity index (χ4n) is 2.35. The normalized spacial score (nSPS) is 17.4. The van der Waals surface area contributed by atoms with Gasteiger partial charge in [-0.25, -0.2) is 4.39 Å². The summed E-state index contributed by atoms with van der Waals surface area (Å²) in [7, 11) is 1.65. The first kappa shape index (κ1) is 12.4. The number of anilines is 1. The second-order valence-electron chi connectivity index (χ2n) is 4.72. The number of methoxy groups -OCH3 is 1. The van der Waals surface area contributed by atoms with Crippen LogP contribution in [0, 0.1) is 5.92 Å². The van der Waals surface area contributed by atoms with Crippen LogP contribution < -0.4 is 5.32 Å². The Morgan fingerprint density at radius 2 is 2.29 bits per heavy atom. The number of ether oxygens (including phenoxy) is 1. The van der Waals surface area contributed by atoms with Crippen LogP contribution in [0.1, 0.15) is 30.6 Å². The number of hydrogen-bond donors (Lipinski definition) is 1. The Morgan fingerprint density at radius 3 is 3.06 bits per heavy atom. The van der Waals surface area contributed by atoms with E-state index in [0.29, 0.717) is 6.61 Å². The van der Waals surface area contributed by atoms with Gasteiger partial charge in [-0.05, 0) is 24.3 Å². The maximum absolute atomic E-state index is 14.4. The fraction of sp³-hybridized carbons (Fsp3) is 0.571. The quantitative estimate of drug-likeness (QED) is 0.848. The highest BCUT2D eigenvalue weighted by molar-refractivity contribution is 5.61. The van der Waals surface area contributed by atoms with Crippen molar-refractivity contribution in [1.29, 1.82) is 0 Å². The number of fused-ring (bicyclic) bond motifs is 1. The first-order valence-corrected chi connectivity index (χ1v) is 6.22. The van der Waals surface area contributed by atoms with Crippen molar-refractivity contribution in [3.8, 4) is 0 Å². The van der Waals surface area contributed by atoms with E-state index in [2.05, 4.69) is 11.4 Å². The Morgan fingerprint density at radius 1 is 1.47 bits per heavy atom. The zero-order valence-electron chi connectivity index (χ0n) is 10.5. The summed E-state index contributed by atoms with van der Waals surface area (Å²) >= 11 is 0. The molecule has 0 fully saturated rings. The van der Waals surface area contributed by atoms with Crippen molar-refractivity contribution in [3.05, 3.63) is 29.3 Å². The molecule has 17 heavy (non-hydrogen) atoms. The van der Waals surface area contributed by atoms with E-state index in [1.165, 1.54) is 5.56 Å². The molecular weight excluding hydrogens is 217 g/mol. The molecule has 1 aliphatic heterocycles. The zero-order chi connectivity index (χ0) is 12.3. The van der Waals surface area contributed by atoms with Gasteiger partial charge in [0.15, 0.2) is 0 Å². The topological polar surface area (TPSA) is 21.3 Å². The van der Waals surface area contributed by atoms with Gasteiger partial charge in [0.25, 0.3) is 0 Å². The van der Waals surface area contributed by atoms with E-state index in [9.17, 15) is 4.39 Å². The highest BCUT2D eigenvalue weighted by Crippen LogP contribution is 2.37. The summed E-state index contributed by atoms with van der Waals surface area (Å²) in [5, 5.41) is 3.29. The Labute approximate surface area is 102 Å². The number of para-hydroxylation sites is 1. The van der Waals surface area contributed by atoms with Gasteiger partial charge in [0.05, 0.1) is 0 Å². The standard InChI is InChI=1S/C14H20FNO/c1-10(7-9-17-2)13(15)12-5-3-4-11-6-8-16-14(11)12/h3-5,10,13,16H,6-9H2,1-2H3. The number of alkyl halides is 1. The molecule has 0 aromatic heterocycles. The van der Waals surface area contributed by atoms with Gasteiger partial charge in [-0.1, -0.05) is 25.1 Å². The van der Waals surface area contributed by atoms with Crippen molar-refractivity contribution >= 4 is 5.69 Å². The monoisotopic (exact) mass is 237 g/mol. The lowest BCUT2D eigenvalue weighted by Crippen LogP contribution is -2.09. The van der Waals surface area contributed by atoms with Crippen molar-refractivity contribution in [3.63, 3.8) is 0 Å². The van der Waals surface area contributed by atoms with Crippen LogP contribution in [0.5, 0.6) is 0 Å². The third kappa shape index (κ3) is 2.60. The third-order valence-corrected chi connectivity index (χ3v) is 3.45. The summed E-state index contributed by atoms with van der Waals surface area (Å²) in [4.78, 5) is 0. The van der Waals surface area contributed by atoms with E-state index in [-0.39, 0.29) is 5.92 Å². The molecular formula is C14H20FNO. The Balaban J connectivity index is 2.14. The number of rotatable bonds is 5. The molecule has 0 bridgehead atoms. The third-order valence-electron chi connectivity index (χ3n) is 3.45. The molecule has 2 rings (SSSR count). The molecule has 1 aromatic rings. The lowest BCUT2D eigenvalue weighted by atomic mass is 9.93. The zero-order valence-corrected chi connectivity index (χ0v) is 10.5. The predicted molar refractivity (Wildman–Crippen MR) is 68.1 cm³/mol. The minimum atomic E-state index is -0.911. The molecule has 0 saturated heterocycles. The van der Waals surface area contributed by atoms with Crippen LogP contribution >= 0.6 is 0 Å². The summed E-state index contributed by atoms with van der Waals surface area (Å²) in [6, 6.07) is 5.92. The summed E-state index contributed by atoms with van der Waals surface area (Å²) < 4.78 is 19.4. The summed E-state index contributed by atoms with van der Waals surface area (Å²) in [6.45, 7) is 3.48. The largest absolute Gasteiger partial charge is 0.385 e. The van der Waals surface area contributed by atoms with Crippen molar-refractivity contribution in [2.75, 3.05) is 25.6 Å². The number of benzene rings is 1. The van der Waals surface area contributed by atoms with Crippen LogP contribution in [0.2, 0.25) is 0 Å². The van der Waals surface area contributed by atoms with Crippen LogP contribution in [0.25, 0.3) is 0 Å². The van der Waals surface area contributed by atoms with Gasteiger partial charge in [0, 0.05) is 31.5 Å². The highest BCUT2D eigenvalue weighted by atomic mass is 19.1. The second kappa shape index (κ2) is 5.50. The molecule has 0 amide bonds. The van der Waals surface area contributed by atoms with Gasteiger partial charge < -0.3 is 10.1 Å². The van der Waals surface area contributed by atoms with Gasteiger partial charge in [-0.15, -0.1) is 0 Å². The predicted octanol–water partition coefficient (Wildman–Crippen LogP) is 3.34. The van der Waals surface area contributed by atoms with E-state index >= 15 is 0 Å². The van der Waals surface area contributed by atoms with Crippen LogP contribution in [0.4, 0.5) is 10.1 Å². The number of nitrogens with one attached hydrogen (secondary N) is 1. The molecule has 1 aromatic carbocycles. The molecule has 2 unspecified atom stereocenters. The fourth-order valence-corrected chi connectivity index (χ4v) is 2.35. The van der Waals surface area contributed by atoms with Crippen LogP contribution in [-0.2, 0) is 11.2 Å². The average Bonchev–Trinajstić information content (AvgIpc) is 2.82. The summed E-state index contributed by atoms with van der Waals surface area (Å²) in [5.41, 5.74) is 3.07. The van der Waals surface area contributed by atoms with Crippen LogP contribution in [-0.4, -0.2) is 20.3 Å². The molecule has 2 nitrogen and oxygen atoms in total. The first-order chi connectivity index (χ1) is 8.24. The van der Waals surface area contributed by atoms with Crippen molar-refractivity contribution in [2.24, 2.45) is 5.92 Å². The van der Waals surface area contributed by atoms with Crippen LogP contribution in [0.15, 0.2) is 18.2 Å². The minimum Gasteiger partial charge on any atom is -0.385 e. The number of hydrogen-bond acceptors (Lipinski definition) is 2. The number of halogens is 1. The molecule has 2 atom stereocenters. The smallest absolute Gasteiger partial charge is 0.130 e. The van der Waals surface area contributed by atoms with Gasteiger partial charge in [0.1, 0.15) is 6.17 Å². The Bertz CT molecular complexity index is 380. The maximum atomic E-state index is 14.4. The molecule has 94 valence electrons. The van der Waals surface area contributed by atoms with Gasteiger partial charge in [-0.3, -0.25) is 0 Å². The molecule has 0 aliphatic carbocycles. The molecule has 3 heteroatoms. The van der Waals surface area contributed by atoms with Crippen molar-refractivity contribution in [1.82, 2.24) is 0 Å². The molecule has 0 saturated carbocycles. The van der Waals surface area contributed by atoms with E-state index in [0.717, 1.165) is 30.6 Å². The SMILES string of the molecule is COCCC(C)C(F)c1cccc2c1NCC2. The van der Waals surface area contributed by atoms with E-state index in [1.54, 1.807) is 7.11 Å². The van der Waals surface area contributed by atoms with Gasteiger partial charge in [0.2, 0.25) is 0 Å². The lowest BCUT2D eigenvalue weighted by Gasteiger charge is -2.19. The average molecular weight is 237 g/mol. The van der Waals surface area contributed by atoms with E-state index in [4.69, 9.17) is 4.74 Å². The Hall–Kier alpha value is -1.09. The van der Waals surface area contributed by atoms with E-state index in [1.807, 2.05) is 19.1 Å². The van der Waals surface area contributed by atoms with Gasteiger partial charge in [-0.2, -0.15) is 0 Å². The molecule has 1 N–H and O–H groups in total. The molecule has 1 heterocycles. The van der Waals surface area contributed by atoms with Gasteiger partial charge >= 0.3 is 0 Å². The van der Waals surface area contributed by atoms with Crippen molar-refractivity contribution in [2.45, 2.75) is 25.9 Å². The van der Waals surface area contributed by atoms with E-state index < -0.39 is 6.17 Å². The highest BCUT2D eigenvalue weighted by Gasteiger charge is 2.24. The summed E-state index contributed by atoms with van der Waals surface area (Å²) in [6.07, 6.45) is 0.842. The molecule has 0 spiro atoms. The molecule has 0 radical (unpaired) electrons. The van der Waals surface area contributed by atoms with Crippen molar-refractivity contribution < 1.29 is 9.13 Å². The first-order valence-electron chi connectivity index (χ1n) is 6.22.